The van der Waals surface area contributed by atoms with Crippen LogP contribution in [0, 0.1) is 11.8 Å². The molecule has 0 rings (SSSR count). The van der Waals surface area contributed by atoms with Crippen molar-refractivity contribution in [2.45, 2.75) is 496 Å². The third-order valence-corrected chi connectivity index (χ3v) is 22.9. The van der Waals surface area contributed by atoms with Crippen LogP contribution in [-0.4, -0.2) is 96.7 Å². The average molecular weight is 1580 g/mol. The summed E-state index contributed by atoms with van der Waals surface area (Å²) < 4.78 is 69.0. The summed E-state index contributed by atoms with van der Waals surface area (Å²) in [5.74, 6) is -0.544. The first-order valence-corrected chi connectivity index (χ1v) is 49.0. The first kappa shape index (κ1) is 106. The van der Waals surface area contributed by atoms with Crippen molar-refractivity contribution in [1.82, 2.24) is 0 Å². The Balaban J connectivity index is 5.25. The van der Waals surface area contributed by atoms with E-state index < -0.39 is 97.5 Å². The third-order valence-electron chi connectivity index (χ3n) is 21.0. The Morgan fingerprint density at radius 1 is 0.250 bits per heavy atom. The third kappa shape index (κ3) is 82.1. The van der Waals surface area contributed by atoms with Crippen LogP contribution in [0.5, 0.6) is 0 Å². The van der Waals surface area contributed by atoms with E-state index in [1.807, 2.05) is 0 Å². The summed E-state index contributed by atoms with van der Waals surface area (Å²) in [6.07, 6.45) is 73.6. The van der Waals surface area contributed by atoms with Gasteiger partial charge in [-0.3, -0.25) is 37.3 Å². The molecule has 0 aromatic rings. The molecule has 3 N–H and O–H groups in total. The molecule has 108 heavy (non-hydrogen) atoms. The Labute approximate surface area is 664 Å². The van der Waals surface area contributed by atoms with Crippen molar-refractivity contribution in [3.63, 3.8) is 0 Å². The first-order valence-electron chi connectivity index (χ1n) is 46.0. The molecule has 0 bridgehead atoms. The monoisotopic (exact) mass is 1580 g/mol. The van der Waals surface area contributed by atoms with Gasteiger partial charge in [0.1, 0.15) is 19.3 Å². The van der Waals surface area contributed by atoms with Crippen LogP contribution < -0.4 is 0 Å². The second-order valence-electron chi connectivity index (χ2n) is 32.9. The summed E-state index contributed by atoms with van der Waals surface area (Å²) in [5.41, 5.74) is 0. The van der Waals surface area contributed by atoms with Gasteiger partial charge in [0.15, 0.2) is 12.2 Å². The number of unbranched alkanes of at least 4 members (excludes halogenated alkanes) is 58. The van der Waals surface area contributed by atoms with E-state index >= 15 is 0 Å². The van der Waals surface area contributed by atoms with Crippen molar-refractivity contribution >= 4 is 39.5 Å². The van der Waals surface area contributed by atoms with Gasteiger partial charge < -0.3 is 33.8 Å². The summed E-state index contributed by atoms with van der Waals surface area (Å²) in [5, 5.41) is 10.7. The van der Waals surface area contributed by atoms with Crippen LogP contribution in [0.15, 0.2) is 0 Å². The van der Waals surface area contributed by atoms with Crippen LogP contribution >= 0.6 is 15.6 Å². The second kappa shape index (κ2) is 80.3. The number of phosphoric ester groups is 2. The number of aliphatic hydroxyl groups is 1. The molecule has 0 amide bonds. The molecular weight excluding hydrogens is 1400 g/mol. The van der Waals surface area contributed by atoms with Gasteiger partial charge in [0.2, 0.25) is 0 Å². The number of phosphoric acid groups is 2. The molecule has 5 atom stereocenters. The van der Waals surface area contributed by atoms with Crippen LogP contribution in [0.2, 0.25) is 0 Å². The Kier molecular flexibility index (Phi) is 78.8. The van der Waals surface area contributed by atoms with Gasteiger partial charge in [-0.1, -0.05) is 427 Å². The highest BCUT2D eigenvalue weighted by Gasteiger charge is 2.31. The molecule has 0 aliphatic rings. The van der Waals surface area contributed by atoms with E-state index in [4.69, 9.17) is 37.0 Å². The minimum atomic E-state index is -4.97. The number of hydrogen-bond donors (Lipinski definition) is 3. The van der Waals surface area contributed by atoms with Crippen molar-refractivity contribution in [3.8, 4) is 0 Å². The lowest BCUT2D eigenvalue weighted by molar-refractivity contribution is -0.161. The molecule has 2 unspecified atom stereocenters. The molecule has 0 aromatic carbocycles. The van der Waals surface area contributed by atoms with Gasteiger partial charge in [-0.25, -0.2) is 9.13 Å². The number of carbonyl (C=O) groups is 4. The van der Waals surface area contributed by atoms with Crippen molar-refractivity contribution in [3.05, 3.63) is 0 Å². The maximum absolute atomic E-state index is 13.2. The lowest BCUT2D eigenvalue weighted by Gasteiger charge is -2.21. The van der Waals surface area contributed by atoms with E-state index in [1.165, 1.54) is 295 Å². The van der Waals surface area contributed by atoms with E-state index in [9.17, 15) is 43.2 Å². The topological polar surface area (TPSA) is 237 Å². The summed E-state index contributed by atoms with van der Waals surface area (Å²) in [4.78, 5) is 73.4. The number of esters is 4. The lowest BCUT2D eigenvalue weighted by Crippen LogP contribution is -2.30. The van der Waals surface area contributed by atoms with Gasteiger partial charge in [-0.05, 0) is 37.5 Å². The van der Waals surface area contributed by atoms with Gasteiger partial charge in [-0.2, -0.15) is 0 Å². The SMILES string of the molecule is CCCCCCCCCCCCCCCCCCCCCC(=O)OC[C@H](COP(=O)(O)OC[C@@H](O)COP(=O)(O)OC[C@@H](COC(=O)CCCCCCCCCCCC(C)C)OC(=O)CCCCCCCCCCCCCCCCCCCC)OC(=O)CCCCCCCCCCCCCCCCCCC(C)C. The molecule has 0 spiro atoms. The number of rotatable bonds is 88. The van der Waals surface area contributed by atoms with Gasteiger partial charge in [0.25, 0.3) is 0 Å². The standard InChI is InChI=1S/C89H174O17P2/c1-7-9-11-13-15-17-19-21-23-25-27-29-33-37-41-47-53-59-65-71-86(91)99-77-84(105-88(93)74-68-62-56-49-43-39-35-31-30-32-36-40-45-51-57-63-69-81(3)4)79-103-107(95,96)101-75-83(90)76-102-108(97,98)104-80-85(78-100-87(92)72-66-60-54-50-44-46-52-58-64-70-82(5)6)106-89(94)73-67-61-55-48-42-38-34-28-26-24-22-20-18-16-14-12-10-8-2/h81-85,90H,7-80H2,1-6H3,(H,95,96)(H,97,98)/t83-,84-,85-/m1/s1. The molecule has 0 aromatic heterocycles. The van der Waals surface area contributed by atoms with Gasteiger partial charge in [-0.15, -0.1) is 0 Å². The highest BCUT2D eigenvalue weighted by molar-refractivity contribution is 7.47. The van der Waals surface area contributed by atoms with Crippen LogP contribution in [0.4, 0.5) is 0 Å². The van der Waals surface area contributed by atoms with Crippen LogP contribution in [0.3, 0.4) is 0 Å². The summed E-state index contributed by atoms with van der Waals surface area (Å²) >= 11 is 0. The minimum absolute atomic E-state index is 0.109. The molecule has 19 heteroatoms. The van der Waals surface area contributed by atoms with Crippen molar-refractivity contribution in [1.29, 1.82) is 0 Å². The van der Waals surface area contributed by atoms with Crippen LogP contribution in [0.1, 0.15) is 478 Å². The maximum atomic E-state index is 13.2. The van der Waals surface area contributed by atoms with E-state index in [1.54, 1.807) is 0 Å². The van der Waals surface area contributed by atoms with E-state index in [-0.39, 0.29) is 25.7 Å². The van der Waals surface area contributed by atoms with Gasteiger partial charge in [0.05, 0.1) is 26.4 Å². The summed E-state index contributed by atoms with van der Waals surface area (Å²) in [6.45, 7) is 9.71. The highest BCUT2D eigenvalue weighted by atomic mass is 31.2. The molecule has 0 saturated heterocycles. The average Bonchev–Trinajstić information content (AvgIpc) is 0.898. The number of hydrogen-bond acceptors (Lipinski definition) is 15. The highest BCUT2D eigenvalue weighted by Crippen LogP contribution is 2.45. The van der Waals surface area contributed by atoms with Crippen LogP contribution in [0.25, 0.3) is 0 Å². The summed E-state index contributed by atoms with van der Waals surface area (Å²) in [7, 11) is -9.93. The Hall–Kier alpha value is -1.94. The normalized spacial score (nSPS) is 13.8. The first-order chi connectivity index (χ1) is 52.4. The largest absolute Gasteiger partial charge is 0.472 e. The predicted molar refractivity (Wildman–Crippen MR) is 446 cm³/mol. The lowest BCUT2D eigenvalue weighted by atomic mass is 10.0. The molecule has 0 heterocycles. The molecule has 0 fully saturated rings. The predicted octanol–water partition coefficient (Wildman–Crippen LogP) is 27.4. The van der Waals surface area contributed by atoms with Crippen molar-refractivity contribution in [2.24, 2.45) is 11.8 Å². The second-order valence-corrected chi connectivity index (χ2v) is 35.8. The van der Waals surface area contributed by atoms with E-state index in [0.29, 0.717) is 25.7 Å². The minimum Gasteiger partial charge on any atom is -0.462 e. The fraction of sp³-hybridized carbons (Fsp3) is 0.955. The van der Waals surface area contributed by atoms with E-state index in [2.05, 4.69) is 41.5 Å². The van der Waals surface area contributed by atoms with Gasteiger partial charge >= 0.3 is 39.5 Å². The smallest absolute Gasteiger partial charge is 0.462 e. The maximum Gasteiger partial charge on any atom is 0.472 e. The molecule has 0 aliphatic heterocycles. The molecule has 0 saturated carbocycles. The van der Waals surface area contributed by atoms with Crippen molar-refractivity contribution < 1.29 is 80.2 Å². The quantitative estimate of drug-likeness (QED) is 0.0222. The van der Waals surface area contributed by atoms with Crippen molar-refractivity contribution in [2.75, 3.05) is 39.6 Å². The molecule has 17 nitrogen and oxygen atoms in total. The molecule has 0 radical (unpaired) electrons. The van der Waals surface area contributed by atoms with E-state index in [0.717, 1.165) is 102 Å². The molecule has 0 aliphatic carbocycles. The zero-order valence-corrected chi connectivity index (χ0v) is 73.0. The number of carbonyl (C=O) groups excluding carboxylic acids is 4. The fourth-order valence-electron chi connectivity index (χ4n) is 14.0. The number of ether oxygens (including phenoxy) is 4. The van der Waals surface area contributed by atoms with Gasteiger partial charge in [0, 0.05) is 25.7 Å². The Morgan fingerprint density at radius 2 is 0.426 bits per heavy atom. The zero-order chi connectivity index (χ0) is 79.2. The number of aliphatic hydroxyl groups excluding tert-OH is 1. The zero-order valence-electron chi connectivity index (χ0n) is 71.2. The molecule has 642 valence electrons. The fourth-order valence-corrected chi connectivity index (χ4v) is 15.5. The Bertz CT molecular complexity index is 2060. The van der Waals surface area contributed by atoms with Crippen LogP contribution in [-0.2, 0) is 65.4 Å². The summed E-state index contributed by atoms with van der Waals surface area (Å²) in [6, 6.07) is 0. The Morgan fingerprint density at radius 3 is 0.630 bits per heavy atom. The molecular formula is C89H174O17P2.